The van der Waals surface area contributed by atoms with Gasteiger partial charge in [0.15, 0.2) is 0 Å². The lowest BCUT2D eigenvalue weighted by Gasteiger charge is -2.11. The fourth-order valence-corrected chi connectivity index (χ4v) is 2.38. The Morgan fingerprint density at radius 2 is 1.83 bits per heavy atom. The molecule has 2 N–H and O–H groups in total. The Bertz CT molecular complexity index is 624. The second-order valence-electron chi connectivity index (χ2n) is 5.31. The van der Waals surface area contributed by atoms with Crippen LogP contribution in [0.2, 0.25) is 0 Å². The van der Waals surface area contributed by atoms with E-state index in [0.29, 0.717) is 13.1 Å². The van der Waals surface area contributed by atoms with E-state index >= 15 is 0 Å². The van der Waals surface area contributed by atoms with Crippen molar-refractivity contribution in [1.82, 2.24) is 5.32 Å². The van der Waals surface area contributed by atoms with Crippen LogP contribution in [0, 0.1) is 0 Å². The van der Waals surface area contributed by atoms with Crippen molar-refractivity contribution in [1.29, 1.82) is 0 Å². The first-order valence-corrected chi connectivity index (χ1v) is 7.94. The molecule has 0 aliphatic rings. The van der Waals surface area contributed by atoms with Crippen molar-refractivity contribution in [2.75, 3.05) is 25.5 Å². The number of aryl methyl sites for hydroxylation is 1. The van der Waals surface area contributed by atoms with Gasteiger partial charge in [-0.05, 0) is 42.2 Å². The molecule has 0 radical (unpaired) electrons. The highest BCUT2D eigenvalue weighted by Gasteiger charge is 2.03. The summed E-state index contributed by atoms with van der Waals surface area (Å²) in [7, 11) is 1.65. The number of benzene rings is 2. The molecule has 2 aromatic carbocycles. The zero-order chi connectivity index (χ0) is 16.5. The Hall–Kier alpha value is -2.49. The lowest BCUT2D eigenvalue weighted by atomic mass is 10.1. The summed E-state index contributed by atoms with van der Waals surface area (Å²) < 4.78 is 5.13. The van der Waals surface area contributed by atoms with Gasteiger partial charge >= 0.3 is 0 Å². The maximum absolute atomic E-state index is 11.9. The zero-order valence-corrected chi connectivity index (χ0v) is 13.8. The van der Waals surface area contributed by atoms with Gasteiger partial charge in [0.05, 0.1) is 13.7 Å². The maximum atomic E-state index is 11.9. The number of carbonyl (C=O) groups is 1. The molecule has 0 fully saturated rings. The first-order chi connectivity index (χ1) is 11.2. The first-order valence-electron chi connectivity index (χ1n) is 7.94. The molecule has 0 spiro atoms. The Kier molecular flexibility index (Phi) is 6.48. The number of carbonyl (C=O) groups excluding carboxylic acids is 1. The van der Waals surface area contributed by atoms with Gasteiger partial charge in [0, 0.05) is 12.2 Å². The van der Waals surface area contributed by atoms with Gasteiger partial charge in [0.2, 0.25) is 5.91 Å². The summed E-state index contributed by atoms with van der Waals surface area (Å²) in [6, 6.07) is 16.0. The normalized spacial score (nSPS) is 10.2. The van der Waals surface area contributed by atoms with Gasteiger partial charge in [-0.1, -0.05) is 37.3 Å². The summed E-state index contributed by atoms with van der Waals surface area (Å²) >= 11 is 0. The molecule has 0 aliphatic heterocycles. The molecule has 0 heterocycles. The number of anilines is 1. The Labute approximate surface area is 137 Å². The van der Waals surface area contributed by atoms with E-state index < -0.39 is 0 Å². The number of rotatable bonds is 8. The van der Waals surface area contributed by atoms with Crippen LogP contribution in [0.5, 0.6) is 5.75 Å². The molecule has 1 amide bonds. The summed E-state index contributed by atoms with van der Waals surface area (Å²) in [6.07, 6.45) is 1.75. The topological polar surface area (TPSA) is 50.4 Å². The molecule has 0 unspecified atom stereocenters. The highest BCUT2D eigenvalue weighted by molar-refractivity contribution is 5.80. The minimum atomic E-state index is 0.00409. The van der Waals surface area contributed by atoms with Gasteiger partial charge in [-0.25, -0.2) is 0 Å². The Balaban J connectivity index is 1.72. The fourth-order valence-electron chi connectivity index (χ4n) is 2.38. The van der Waals surface area contributed by atoms with Crippen LogP contribution >= 0.6 is 0 Å². The summed E-state index contributed by atoms with van der Waals surface area (Å²) in [4.78, 5) is 11.9. The molecular formula is C19H24N2O2. The van der Waals surface area contributed by atoms with Gasteiger partial charge in [0.25, 0.3) is 0 Å². The van der Waals surface area contributed by atoms with Gasteiger partial charge in [0.1, 0.15) is 5.75 Å². The molecule has 0 atom stereocenters. The third kappa shape index (κ3) is 5.33. The van der Waals surface area contributed by atoms with Gasteiger partial charge in [-0.2, -0.15) is 0 Å². The van der Waals surface area contributed by atoms with Crippen LogP contribution < -0.4 is 15.4 Å². The van der Waals surface area contributed by atoms with Crippen molar-refractivity contribution in [2.24, 2.45) is 0 Å². The minimum Gasteiger partial charge on any atom is -0.497 e. The highest BCUT2D eigenvalue weighted by atomic mass is 16.5. The van der Waals surface area contributed by atoms with Crippen LogP contribution in [0.15, 0.2) is 48.5 Å². The van der Waals surface area contributed by atoms with Crippen LogP contribution in [-0.2, 0) is 17.6 Å². The van der Waals surface area contributed by atoms with E-state index in [1.165, 1.54) is 11.1 Å². The number of para-hydroxylation sites is 1. The molecular weight excluding hydrogens is 288 g/mol. The van der Waals surface area contributed by atoms with E-state index in [1.54, 1.807) is 7.11 Å². The third-order valence-electron chi connectivity index (χ3n) is 3.73. The van der Waals surface area contributed by atoms with Crippen molar-refractivity contribution in [3.8, 4) is 5.75 Å². The van der Waals surface area contributed by atoms with E-state index in [0.717, 1.165) is 24.3 Å². The predicted octanol–water partition coefficient (Wildman–Crippen LogP) is 3.03. The van der Waals surface area contributed by atoms with E-state index in [9.17, 15) is 4.79 Å². The summed E-state index contributed by atoms with van der Waals surface area (Å²) in [5, 5.41) is 6.13. The molecule has 0 saturated carbocycles. The van der Waals surface area contributed by atoms with Crippen LogP contribution in [-0.4, -0.2) is 26.1 Å². The molecule has 4 nitrogen and oxygen atoms in total. The zero-order valence-electron chi connectivity index (χ0n) is 13.8. The second kappa shape index (κ2) is 8.83. The molecule has 23 heavy (non-hydrogen) atoms. The molecule has 122 valence electrons. The van der Waals surface area contributed by atoms with Crippen LogP contribution in [0.1, 0.15) is 18.1 Å². The molecule has 2 rings (SSSR count). The van der Waals surface area contributed by atoms with Crippen molar-refractivity contribution in [3.63, 3.8) is 0 Å². The van der Waals surface area contributed by atoms with E-state index in [1.807, 2.05) is 42.5 Å². The van der Waals surface area contributed by atoms with Crippen LogP contribution in [0.4, 0.5) is 5.69 Å². The van der Waals surface area contributed by atoms with Crippen LogP contribution in [0.25, 0.3) is 0 Å². The summed E-state index contributed by atoms with van der Waals surface area (Å²) in [5.74, 6) is 0.848. The van der Waals surface area contributed by atoms with Crippen LogP contribution in [0.3, 0.4) is 0 Å². The molecule has 2 aromatic rings. The van der Waals surface area contributed by atoms with Crippen molar-refractivity contribution >= 4 is 11.6 Å². The average molecular weight is 312 g/mol. The second-order valence-corrected chi connectivity index (χ2v) is 5.31. The molecule has 0 aliphatic carbocycles. The molecule has 4 heteroatoms. The quantitative estimate of drug-likeness (QED) is 0.788. The lowest BCUT2D eigenvalue weighted by Crippen LogP contribution is -2.31. The summed E-state index contributed by atoms with van der Waals surface area (Å²) in [5.41, 5.74) is 3.43. The third-order valence-corrected chi connectivity index (χ3v) is 3.73. The Morgan fingerprint density at radius 1 is 1.09 bits per heavy atom. The van der Waals surface area contributed by atoms with Gasteiger partial charge < -0.3 is 15.4 Å². The number of hydrogen-bond acceptors (Lipinski definition) is 3. The van der Waals surface area contributed by atoms with E-state index in [-0.39, 0.29) is 5.91 Å². The monoisotopic (exact) mass is 312 g/mol. The van der Waals surface area contributed by atoms with Crippen molar-refractivity contribution < 1.29 is 9.53 Å². The molecule has 0 aromatic heterocycles. The van der Waals surface area contributed by atoms with Crippen molar-refractivity contribution in [2.45, 2.75) is 19.8 Å². The van der Waals surface area contributed by atoms with E-state index in [4.69, 9.17) is 4.74 Å². The molecule has 0 bridgehead atoms. The Morgan fingerprint density at radius 3 is 2.52 bits per heavy atom. The minimum absolute atomic E-state index is 0.00409. The lowest BCUT2D eigenvalue weighted by molar-refractivity contribution is -0.119. The largest absolute Gasteiger partial charge is 0.497 e. The highest BCUT2D eigenvalue weighted by Crippen LogP contribution is 2.14. The smallest absolute Gasteiger partial charge is 0.239 e. The number of nitrogens with one attached hydrogen (secondary N) is 2. The van der Waals surface area contributed by atoms with Crippen molar-refractivity contribution in [3.05, 3.63) is 59.7 Å². The van der Waals surface area contributed by atoms with Gasteiger partial charge in [-0.15, -0.1) is 0 Å². The first kappa shape index (κ1) is 16.9. The molecule has 0 saturated heterocycles. The number of methoxy groups -OCH3 is 1. The standard InChI is InChI=1S/C19H24N2O2/c1-3-16-6-4-5-7-18(16)21-14-19(22)20-13-12-15-8-10-17(23-2)11-9-15/h4-11,21H,3,12-14H2,1-2H3,(H,20,22). The number of amides is 1. The fraction of sp³-hybridized carbons (Fsp3) is 0.316. The average Bonchev–Trinajstić information content (AvgIpc) is 2.60. The number of hydrogen-bond donors (Lipinski definition) is 2. The predicted molar refractivity (Wildman–Crippen MR) is 94.0 cm³/mol. The van der Waals surface area contributed by atoms with E-state index in [2.05, 4.69) is 23.6 Å². The van der Waals surface area contributed by atoms with Gasteiger partial charge in [-0.3, -0.25) is 4.79 Å². The SMILES string of the molecule is CCc1ccccc1NCC(=O)NCCc1ccc(OC)cc1. The summed E-state index contributed by atoms with van der Waals surface area (Å²) in [6.45, 7) is 3.03. The maximum Gasteiger partial charge on any atom is 0.239 e. The number of ether oxygens (including phenoxy) is 1.